The van der Waals surface area contributed by atoms with Crippen molar-refractivity contribution in [2.24, 2.45) is 0 Å². The fraction of sp³-hybridized carbons (Fsp3) is 0.129. The van der Waals surface area contributed by atoms with Gasteiger partial charge in [-0.25, -0.2) is 21.1 Å². The maximum Gasteiger partial charge on any atom is 2.00 e. The quantitative estimate of drug-likeness (QED) is 0.186. The van der Waals surface area contributed by atoms with Gasteiger partial charge in [0.15, 0.2) is 0 Å². The summed E-state index contributed by atoms with van der Waals surface area (Å²) in [6, 6.07) is 29.3. The van der Waals surface area contributed by atoms with Crippen LogP contribution in [-0.2, 0) is 26.5 Å². The summed E-state index contributed by atoms with van der Waals surface area (Å²) in [6.07, 6.45) is 6.98. The Bertz CT molecular complexity index is 1700. The van der Waals surface area contributed by atoms with Gasteiger partial charge in [0.1, 0.15) is 5.82 Å². The molecule has 0 amide bonds. The zero-order chi connectivity index (χ0) is 24.7. The van der Waals surface area contributed by atoms with Gasteiger partial charge in [0.25, 0.3) is 0 Å². The third-order valence-electron chi connectivity index (χ3n) is 6.22. The van der Waals surface area contributed by atoms with Crippen LogP contribution in [0.25, 0.3) is 38.8 Å². The molecular formula is C31H24N4OPt. The van der Waals surface area contributed by atoms with Gasteiger partial charge in [-0.05, 0) is 52.3 Å². The first-order valence-electron chi connectivity index (χ1n) is 11.9. The van der Waals surface area contributed by atoms with Crippen molar-refractivity contribution in [3.05, 3.63) is 109 Å². The molecule has 0 aliphatic rings. The minimum absolute atomic E-state index is 0. The van der Waals surface area contributed by atoms with E-state index in [0.717, 1.165) is 38.8 Å². The average molecular weight is 664 g/mol. The summed E-state index contributed by atoms with van der Waals surface area (Å²) in [5.74, 6) is 1.87. The average Bonchev–Trinajstić information content (AvgIpc) is 3.23. The first-order valence-corrected chi connectivity index (χ1v) is 11.9. The summed E-state index contributed by atoms with van der Waals surface area (Å²) in [7, 11) is 0. The van der Waals surface area contributed by atoms with E-state index in [1.165, 1.54) is 5.56 Å². The van der Waals surface area contributed by atoms with Gasteiger partial charge >= 0.3 is 21.1 Å². The number of aromatic nitrogens is 4. The van der Waals surface area contributed by atoms with E-state index in [4.69, 9.17) is 9.72 Å². The summed E-state index contributed by atoms with van der Waals surface area (Å²) in [4.78, 5) is 13.4. The molecule has 37 heavy (non-hydrogen) atoms. The van der Waals surface area contributed by atoms with Crippen LogP contribution in [0.1, 0.15) is 26.3 Å². The van der Waals surface area contributed by atoms with Gasteiger partial charge in [-0.15, -0.1) is 12.1 Å². The van der Waals surface area contributed by atoms with Gasteiger partial charge in [0, 0.05) is 24.0 Å². The number of pyridine rings is 3. The number of nitrogens with zero attached hydrogens (tertiary/aromatic N) is 4. The number of hydrogen-bond donors (Lipinski definition) is 0. The molecule has 0 saturated carbocycles. The number of hydrogen-bond acceptors (Lipinski definition) is 4. The van der Waals surface area contributed by atoms with Crippen LogP contribution < -0.4 is 4.74 Å². The molecule has 0 aliphatic heterocycles. The van der Waals surface area contributed by atoms with Crippen molar-refractivity contribution in [2.75, 3.05) is 0 Å². The van der Waals surface area contributed by atoms with Crippen molar-refractivity contribution in [2.45, 2.75) is 26.2 Å². The van der Waals surface area contributed by atoms with Crippen LogP contribution in [0.5, 0.6) is 11.6 Å². The van der Waals surface area contributed by atoms with Crippen LogP contribution in [0.4, 0.5) is 0 Å². The van der Waals surface area contributed by atoms with E-state index in [1.54, 1.807) is 24.7 Å². The Labute approximate surface area is 230 Å². The van der Waals surface area contributed by atoms with E-state index in [1.807, 2.05) is 18.3 Å². The molecule has 184 valence electrons. The molecular weight excluding hydrogens is 639 g/mol. The summed E-state index contributed by atoms with van der Waals surface area (Å²) >= 11 is 0. The number of para-hydroxylation sites is 1. The first kappa shape index (κ1) is 24.9. The van der Waals surface area contributed by atoms with Crippen molar-refractivity contribution in [3.63, 3.8) is 0 Å². The van der Waals surface area contributed by atoms with Crippen LogP contribution in [-0.4, -0.2) is 19.5 Å². The molecule has 0 aliphatic carbocycles. The fourth-order valence-corrected chi connectivity index (χ4v) is 4.38. The van der Waals surface area contributed by atoms with E-state index < -0.39 is 0 Å². The zero-order valence-electron chi connectivity index (χ0n) is 20.7. The molecule has 0 atom stereocenters. The number of ether oxygens (including phenoxy) is 1. The Balaban J connectivity index is 0.00000280. The second-order valence-corrected chi connectivity index (χ2v) is 9.72. The normalized spacial score (nSPS) is 11.4. The number of fused-ring (bicyclic) bond motifs is 3. The number of rotatable bonds is 4. The molecule has 0 fully saturated rings. The minimum Gasteiger partial charge on any atom is -0.458 e. The Morgan fingerprint density at radius 1 is 0.784 bits per heavy atom. The molecule has 6 heteroatoms. The van der Waals surface area contributed by atoms with Gasteiger partial charge in [-0.3, -0.25) is 0 Å². The summed E-state index contributed by atoms with van der Waals surface area (Å²) in [6.45, 7) is 6.64. The molecule has 6 rings (SSSR count). The monoisotopic (exact) mass is 663 g/mol. The Kier molecular flexibility index (Phi) is 6.66. The Morgan fingerprint density at radius 3 is 2.43 bits per heavy atom. The van der Waals surface area contributed by atoms with Crippen LogP contribution in [0.2, 0.25) is 0 Å². The predicted molar refractivity (Wildman–Crippen MR) is 142 cm³/mol. The van der Waals surface area contributed by atoms with E-state index >= 15 is 0 Å². The van der Waals surface area contributed by atoms with Crippen LogP contribution in [0.15, 0.2) is 91.5 Å². The third-order valence-corrected chi connectivity index (χ3v) is 6.22. The standard InChI is InChI=1S/C31H24N4O.Pt/c1-31(2,3)23-13-15-33-29(18-23)35-27-9-5-4-8-25(27)26-12-11-21(17-28(26)35)22-16-24(20-32-19-22)36-30-10-6-7-14-34-30;/h4-15,18-20H,1-3H3;/q-2;+2. The second-order valence-electron chi connectivity index (χ2n) is 9.72. The van der Waals surface area contributed by atoms with Crippen molar-refractivity contribution < 1.29 is 25.8 Å². The van der Waals surface area contributed by atoms with Crippen molar-refractivity contribution in [1.29, 1.82) is 0 Å². The largest absolute Gasteiger partial charge is 2.00 e. The SMILES string of the molecule is CC(C)(C)c1ccnc(-n2c3[c-]c(-c4[c-]c(Oc5ccccn5)cnc4)ccc3c3ccccc32)c1.[Pt+2]. The van der Waals surface area contributed by atoms with Gasteiger partial charge in [-0.2, -0.15) is 12.1 Å². The van der Waals surface area contributed by atoms with Crippen LogP contribution >= 0.6 is 0 Å². The van der Waals surface area contributed by atoms with E-state index in [2.05, 4.69) is 96.0 Å². The molecule has 0 radical (unpaired) electrons. The predicted octanol–water partition coefficient (Wildman–Crippen LogP) is 7.32. The van der Waals surface area contributed by atoms with Gasteiger partial charge in [0.05, 0.1) is 5.75 Å². The van der Waals surface area contributed by atoms with E-state index in [9.17, 15) is 0 Å². The molecule has 0 unspecified atom stereocenters. The van der Waals surface area contributed by atoms with Gasteiger partial charge in [-0.1, -0.05) is 56.6 Å². The summed E-state index contributed by atoms with van der Waals surface area (Å²) in [5.41, 5.74) is 4.95. The molecule has 6 aromatic rings. The van der Waals surface area contributed by atoms with Gasteiger partial charge < -0.3 is 14.3 Å². The summed E-state index contributed by atoms with van der Waals surface area (Å²) < 4.78 is 8.04. The smallest absolute Gasteiger partial charge is 0.458 e. The van der Waals surface area contributed by atoms with E-state index in [0.29, 0.717) is 11.6 Å². The van der Waals surface area contributed by atoms with Gasteiger partial charge in [0.2, 0.25) is 5.88 Å². The minimum atomic E-state index is 0. The number of benzene rings is 2. The van der Waals surface area contributed by atoms with Crippen LogP contribution in [0.3, 0.4) is 0 Å². The van der Waals surface area contributed by atoms with Crippen LogP contribution in [0, 0.1) is 12.1 Å². The van der Waals surface area contributed by atoms with Crippen molar-refractivity contribution >= 4 is 21.8 Å². The Hall–Kier alpha value is -3.82. The topological polar surface area (TPSA) is 52.8 Å². The molecule has 0 bridgehead atoms. The maximum atomic E-state index is 5.86. The molecule has 4 aromatic heterocycles. The zero-order valence-corrected chi connectivity index (χ0v) is 22.9. The van der Waals surface area contributed by atoms with Crippen molar-refractivity contribution in [1.82, 2.24) is 19.5 Å². The molecule has 5 nitrogen and oxygen atoms in total. The fourth-order valence-electron chi connectivity index (χ4n) is 4.38. The third kappa shape index (κ3) is 4.79. The maximum absolute atomic E-state index is 5.86. The molecule has 2 aromatic carbocycles. The molecule has 0 spiro atoms. The van der Waals surface area contributed by atoms with E-state index in [-0.39, 0.29) is 26.5 Å². The van der Waals surface area contributed by atoms with Crippen molar-refractivity contribution in [3.8, 4) is 28.6 Å². The first-order chi connectivity index (χ1) is 17.5. The molecule has 0 N–H and O–H groups in total. The second kappa shape index (κ2) is 9.91. The Morgan fingerprint density at radius 2 is 1.62 bits per heavy atom. The molecule has 0 saturated heterocycles. The molecule has 4 heterocycles. The summed E-state index contributed by atoms with van der Waals surface area (Å²) in [5, 5.41) is 2.28.